The van der Waals surface area contributed by atoms with Gasteiger partial charge in [0.2, 0.25) is 0 Å². The highest BCUT2D eigenvalue weighted by atomic mass is 79.9. The van der Waals surface area contributed by atoms with Crippen LogP contribution in [0.4, 0.5) is 5.13 Å². The van der Waals surface area contributed by atoms with Crippen LogP contribution >= 0.6 is 50.5 Å². The van der Waals surface area contributed by atoms with Crippen LogP contribution in [0.25, 0.3) is 10.2 Å². The third-order valence-electron chi connectivity index (χ3n) is 2.76. The van der Waals surface area contributed by atoms with Crippen LogP contribution in [0.2, 0.25) is 10.0 Å². The summed E-state index contributed by atoms with van der Waals surface area (Å²) in [4.78, 5) is 16.5. The van der Waals surface area contributed by atoms with Gasteiger partial charge in [0.15, 0.2) is 5.13 Å². The smallest absolute Gasteiger partial charge is 0.257 e. The number of carbonyl (C=O) groups excluding carboxylic acids is 1. The van der Waals surface area contributed by atoms with Crippen LogP contribution in [0.3, 0.4) is 0 Å². The van der Waals surface area contributed by atoms with Gasteiger partial charge in [0.1, 0.15) is 5.52 Å². The fraction of sp³-hybridized carbons (Fsp3) is 0. The van der Waals surface area contributed by atoms with Crippen LogP contribution in [0.1, 0.15) is 10.4 Å². The number of hydrogen-bond donors (Lipinski definition) is 1. The molecule has 0 atom stereocenters. The van der Waals surface area contributed by atoms with Gasteiger partial charge in [-0.25, -0.2) is 4.98 Å². The van der Waals surface area contributed by atoms with Crippen LogP contribution in [0.5, 0.6) is 0 Å². The molecule has 3 aromatic rings. The predicted molar refractivity (Wildman–Crippen MR) is 91.7 cm³/mol. The molecule has 1 aromatic heterocycles. The molecule has 3 rings (SSSR count). The number of carbonyl (C=O) groups is 1. The van der Waals surface area contributed by atoms with Crippen molar-refractivity contribution in [3.8, 4) is 0 Å². The van der Waals surface area contributed by atoms with Crippen LogP contribution in [0.15, 0.2) is 40.9 Å². The summed E-state index contributed by atoms with van der Waals surface area (Å²) in [5.74, 6) is -0.224. The molecule has 0 bridgehead atoms. The summed E-state index contributed by atoms with van der Waals surface area (Å²) >= 11 is 16.7. The van der Waals surface area contributed by atoms with Gasteiger partial charge in [-0.05, 0) is 30.3 Å². The minimum atomic E-state index is -0.224. The van der Waals surface area contributed by atoms with E-state index in [4.69, 9.17) is 23.2 Å². The lowest BCUT2D eigenvalue weighted by Gasteiger charge is -2.01. The first-order valence-corrected chi connectivity index (χ1v) is 8.22. The number of nitrogens with zero attached hydrogens (tertiary/aromatic N) is 1. The maximum atomic E-state index is 12.2. The summed E-state index contributed by atoms with van der Waals surface area (Å²) in [6.45, 7) is 0. The Hall–Kier alpha value is -1.14. The van der Waals surface area contributed by atoms with Crippen molar-refractivity contribution in [3.63, 3.8) is 0 Å². The summed E-state index contributed by atoms with van der Waals surface area (Å²) in [5, 5.41) is 4.09. The molecule has 2 aromatic carbocycles. The zero-order valence-corrected chi connectivity index (χ0v) is 14.3. The predicted octanol–water partition coefficient (Wildman–Crippen LogP) is 5.62. The van der Waals surface area contributed by atoms with Gasteiger partial charge >= 0.3 is 0 Å². The molecule has 0 saturated carbocycles. The van der Waals surface area contributed by atoms with E-state index in [0.29, 0.717) is 26.3 Å². The Morgan fingerprint density at radius 1 is 1.24 bits per heavy atom. The van der Waals surface area contributed by atoms with E-state index in [1.165, 1.54) is 11.3 Å². The van der Waals surface area contributed by atoms with E-state index in [1.54, 1.807) is 24.3 Å². The van der Waals surface area contributed by atoms with Crippen LogP contribution in [-0.4, -0.2) is 10.9 Å². The Kier molecular flexibility index (Phi) is 4.17. The quantitative estimate of drug-likeness (QED) is 0.605. The number of nitrogens with one attached hydrogen (secondary N) is 1. The summed E-state index contributed by atoms with van der Waals surface area (Å²) in [6, 6.07) is 10.7. The first kappa shape index (κ1) is 14.8. The van der Waals surface area contributed by atoms with Crippen LogP contribution < -0.4 is 5.32 Å². The van der Waals surface area contributed by atoms with Gasteiger partial charge in [0.05, 0.1) is 14.7 Å². The van der Waals surface area contributed by atoms with Gasteiger partial charge in [-0.3, -0.25) is 10.1 Å². The molecular weight excluding hydrogens is 395 g/mol. The van der Waals surface area contributed by atoms with E-state index in [2.05, 4.69) is 26.2 Å². The zero-order valence-electron chi connectivity index (χ0n) is 10.4. The molecule has 21 heavy (non-hydrogen) atoms. The highest BCUT2D eigenvalue weighted by Crippen LogP contribution is 2.35. The van der Waals surface area contributed by atoms with Crippen molar-refractivity contribution < 1.29 is 4.79 Å². The summed E-state index contributed by atoms with van der Waals surface area (Å²) < 4.78 is 1.71. The molecule has 1 heterocycles. The van der Waals surface area contributed by atoms with Gasteiger partial charge < -0.3 is 0 Å². The van der Waals surface area contributed by atoms with E-state index in [1.807, 2.05) is 12.1 Å². The van der Waals surface area contributed by atoms with Crippen molar-refractivity contribution in [1.82, 2.24) is 4.98 Å². The average Bonchev–Trinajstić information content (AvgIpc) is 2.86. The molecule has 0 aliphatic carbocycles. The second kappa shape index (κ2) is 5.93. The van der Waals surface area contributed by atoms with Gasteiger partial charge in [0, 0.05) is 10.0 Å². The Morgan fingerprint density at radius 2 is 2.05 bits per heavy atom. The molecule has 0 aliphatic rings. The SMILES string of the molecule is O=C(Nc1nc2c(Cl)c(Cl)ccc2s1)c1cccc(Br)c1. The van der Waals surface area contributed by atoms with Crippen molar-refractivity contribution in [2.75, 3.05) is 5.32 Å². The van der Waals surface area contributed by atoms with Gasteiger partial charge in [-0.1, -0.05) is 56.5 Å². The number of thiazole rings is 1. The molecule has 0 saturated heterocycles. The molecule has 1 N–H and O–H groups in total. The maximum Gasteiger partial charge on any atom is 0.257 e. The molecule has 1 amide bonds. The third-order valence-corrected chi connectivity index (χ3v) is 4.98. The number of fused-ring (bicyclic) bond motifs is 1. The lowest BCUT2D eigenvalue weighted by atomic mass is 10.2. The zero-order chi connectivity index (χ0) is 15.0. The molecule has 0 fully saturated rings. The van der Waals surface area contributed by atoms with Crippen molar-refractivity contribution in [2.45, 2.75) is 0 Å². The first-order valence-electron chi connectivity index (χ1n) is 5.86. The molecule has 0 spiro atoms. The Labute approximate surface area is 143 Å². The molecule has 0 radical (unpaired) electrons. The second-order valence-corrected chi connectivity index (χ2v) is 6.92. The molecule has 106 valence electrons. The highest BCUT2D eigenvalue weighted by Gasteiger charge is 2.13. The monoisotopic (exact) mass is 400 g/mol. The summed E-state index contributed by atoms with van der Waals surface area (Å²) in [7, 11) is 0. The fourth-order valence-electron chi connectivity index (χ4n) is 1.79. The summed E-state index contributed by atoms with van der Waals surface area (Å²) in [5.41, 5.74) is 1.14. The lowest BCUT2D eigenvalue weighted by molar-refractivity contribution is 0.102. The number of hydrogen-bond acceptors (Lipinski definition) is 3. The highest BCUT2D eigenvalue weighted by molar-refractivity contribution is 9.10. The number of halogens is 3. The Balaban J connectivity index is 1.91. The number of amides is 1. The average molecular weight is 402 g/mol. The van der Waals surface area contributed by atoms with E-state index < -0.39 is 0 Å². The van der Waals surface area contributed by atoms with E-state index in [9.17, 15) is 4.79 Å². The van der Waals surface area contributed by atoms with Crippen molar-refractivity contribution >= 4 is 71.7 Å². The molecule has 3 nitrogen and oxygen atoms in total. The van der Waals surface area contributed by atoms with E-state index in [-0.39, 0.29) is 5.91 Å². The van der Waals surface area contributed by atoms with E-state index >= 15 is 0 Å². The summed E-state index contributed by atoms with van der Waals surface area (Å²) in [6.07, 6.45) is 0. The van der Waals surface area contributed by atoms with Crippen LogP contribution in [-0.2, 0) is 0 Å². The molecular formula is C14H7BrCl2N2OS. The number of benzene rings is 2. The van der Waals surface area contributed by atoms with Crippen molar-refractivity contribution in [1.29, 1.82) is 0 Å². The topological polar surface area (TPSA) is 42.0 Å². The Morgan fingerprint density at radius 3 is 2.81 bits per heavy atom. The third kappa shape index (κ3) is 3.06. The normalized spacial score (nSPS) is 10.8. The largest absolute Gasteiger partial charge is 0.298 e. The second-order valence-electron chi connectivity index (χ2n) is 4.19. The maximum absolute atomic E-state index is 12.2. The number of anilines is 1. The number of rotatable bonds is 2. The Bertz CT molecular complexity index is 850. The van der Waals surface area contributed by atoms with Crippen molar-refractivity contribution in [2.24, 2.45) is 0 Å². The standard InChI is InChI=1S/C14H7BrCl2N2OS/c15-8-3-1-2-7(6-8)13(20)19-14-18-12-10(21-14)5-4-9(16)11(12)17/h1-6H,(H,18,19,20). The van der Waals surface area contributed by atoms with Crippen molar-refractivity contribution in [3.05, 3.63) is 56.5 Å². The number of aromatic nitrogens is 1. The fourth-order valence-corrected chi connectivity index (χ4v) is 3.47. The molecule has 0 unspecified atom stereocenters. The lowest BCUT2D eigenvalue weighted by Crippen LogP contribution is -2.11. The molecule has 0 aliphatic heterocycles. The molecule has 7 heteroatoms. The van der Waals surface area contributed by atoms with Gasteiger partial charge in [0.25, 0.3) is 5.91 Å². The van der Waals surface area contributed by atoms with Crippen LogP contribution in [0, 0.1) is 0 Å². The van der Waals surface area contributed by atoms with Gasteiger partial charge in [-0.15, -0.1) is 0 Å². The minimum Gasteiger partial charge on any atom is -0.298 e. The minimum absolute atomic E-state index is 0.224. The van der Waals surface area contributed by atoms with Gasteiger partial charge in [-0.2, -0.15) is 0 Å². The van der Waals surface area contributed by atoms with E-state index in [0.717, 1.165) is 9.17 Å². The first-order chi connectivity index (χ1) is 10.0.